The van der Waals surface area contributed by atoms with Crippen LogP contribution in [0.5, 0.6) is 0 Å². The van der Waals surface area contributed by atoms with Gasteiger partial charge in [-0.1, -0.05) is 6.92 Å². The first-order chi connectivity index (χ1) is 13.3. The van der Waals surface area contributed by atoms with Gasteiger partial charge in [0.2, 0.25) is 11.8 Å². The maximum atomic E-state index is 12.3. The number of aliphatic hydroxyl groups excluding tert-OH is 1. The Kier molecular flexibility index (Phi) is 8.61. The first kappa shape index (κ1) is 24.6. The van der Waals surface area contributed by atoms with Crippen LogP contribution in [0.15, 0.2) is 10.6 Å². The molecule has 0 saturated carbocycles. The summed E-state index contributed by atoms with van der Waals surface area (Å²) in [5, 5.41) is 27.2. The van der Waals surface area contributed by atoms with Crippen molar-refractivity contribution in [1.82, 2.24) is 15.5 Å². The summed E-state index contributed by atoms with van der Waals surface area (Å²) in [6.07, 6.45) is -0.297. The first-order valence-electron chi connectivity index (χ1n) is 9.42. The molecular weight excluding hydrogens is 409 g/mol. The number of thioether (sulfide) groups is 1. The summed E-state index contributed by atoms with van der Waals surface area (Å²) in [4.78, 5) is 37.5. The normalized spacial score (nSPS) is 31.8. The van der Waals surface area contributed by atoms with Crippen molar-refractivity contribution in [2.45, 2.75) is 43.8 Å². The molecule has 0 radical (unpaired) electrons. The number of nitrogens with zero attached hydrogens (tertiary/aromatic N) is 1. The van der Waals surface area contributed by atoms with Crippen LogP contribution >= 0.6 is 11.8 Å². The number of carbonyl (C=O) groups is 3. The summed E-state index contributed by atoms with van der Waals surface area (Å²) in [6, 6.07) is -0.346. The number of aliphatic carboxylic acids is 1. The van der Waals surface area contributed by atoms with Crippen LogP contribution in [0.25, 0.3) is 0 Å². The van der Waals surface area contributed by atoms with Crippen LogP contribution in [-0.2, 0) is 19.1 Å². The van der Waals surface area contributed by atoms with E-state index in [0.717, 1.165) is 0 Å². The van der Waals surface area contributed by atoms with Gasteiger partial charge in [0.25, 0.3) is 0 Å². The molecule has 6 atom stereocenters. The van der Waals surface area contributed by atoms with Gasteiger partial charge in [-0.25, -0.2) is 0 Å². The minimum atomic E-state index is -1.37. The molecular formula is C18H26N3NaO6S. The first-order valence-corrected chi connectivity index (χ1v) is 10.3. The van der Waals surface area contributed by atoms with Gasteiger partial charge in [0.15, 0.2) is 0 Å². The molecule has 3 heterocycles. The van der Waals surface area contributed by atoms with Gasteiger partial charge < -0.3 is 35.3 Å². The van der Waals surface area contributed by atoms with Crippen molar-refractivity contribution >= 4 is 29.5 Å². The molecule has 2 saturated heterocycles. The van der Waals surface area contributed by atoms with E-state index in [1.54, 1.807) is 14.0 Å². The van der Waals surface area contributed by atoms with Crippen LogP contribution in [0.1, 0.15) is 20.3 Å². The van der Waals surface area contributed by atoms with Crippen LogP contribution in [0.2, 0.25) is 0 Å². The van der Waals surface area contributed by atoms with Crippen LogP contribution in [0.3, 0.4) is 0 Å². The molecule has 0 aromatic rings. The third-order valence-electron chi connectivity index (χ3n) is 5.50. The van der Waals surface area contributed by atoms with E-state index in [4.69, 9.17) is 4.74 Å². The van der Waals surface area contributed by atoms with Gasteiger partial charge in [-0.05, 0) is 20.4 Å². The Morgan fingerprint density at radius 1 is 1.45 bits per heavy atom. The monoisotopic (exact) mass is 435 g/mol. The number of hydrogen-bond donors (Lipinski definition) is 3. The zero-order valence-corrected chi connectivity index (χ0v) is 20.0. The Balaban J connectivity index is 0.00000300. The molecule has 9 nitrogen and oxygen atoms in total. The van der Waals surface area contributed by atoms with Gasteiger partial charge in [0.05, 0.1) is 49.0 Å². The number of carbonyl (C=O) groups excluding carboxylic acids is 3. The number of hydrogen-bond acceptors (Lipinski definition) is 8. The van der Waals surface area contributed by atoms with Crippen LogP contribution in [0.4, 0.5) is 0 Å². The molecule has 3 aliphatic rings. The van der Waals surface area contributed by atoms with E-state index < -0.39 is 18.0 Å². The second-order valence-electron chi connectivity index (χ2n) is 7.52. The number of β-lactam (4-membered cyclic amide) rings is 1. The minimum Gasteiger partial charge on any atom is -0.543 e. The third-order valence-corrected chi connectivity index (χ3v) is 6.98. The Bertz CT molecular complexity index is 703. The zero-order valence-electron chi connectivity index (χ0n) is 17.1. The molecule has 0 spiro atoms. The fraction of sp³-hybridized carbons (Fsp3) is 0.722. The van der Waals surface area contributed by atoms with Gasteiger partial charge in [-0.3, -0.25) is 9.59 Å². The van der Waals surface area contributed by atoms with Gasteiger partial charge in [-0.2, -0.15) is 0 Å². The average Bonchev–Trinajstić information content (AvgIpc) is 3.15. The van der Waals surface area contributed by atoms with Crippen molar-refractivity contribution in [3.8, 4) is 0 Å². The van der Waals surface area contributed by atoms with E-state index in [1.165, 1.54) is 16.7 Å². The van der Waals surface area contributed by atoms with Crippen molar-refractivity contribution in [2.24, 2.45) is 11.8 Å². The molecule has 0 aromatic carbocycles. The van der Waals surface area contributed by atoms with Crippen molar-refractivity contribution in [3.05, 3.63) is 10.6 Å². The molecule has 156 valence electrons. The maximum Gasteiger partial charge on any atom is 1.00 e. The largest absolute Gasteiger partial charge is 1.00 e. The molecule has 2 unspecified atom stereocenters. The SMILES string of the molecule is CNCC(=O)NCC1CC(SC2=C(C(=O)[O-])N3C(=O)[C@H]([C@@H](C)O)[C@H]3[C@H]2C)CO1.[Na+]. The number of aliphatic hydroxyl groups is 1. The van der Waals surface area contributed by atoms with E-state index in [0.29, 0.717) is 24.5 Å². The van der Waals surface area contributed by atoms with E-state index in [1.807, 2.05) is 6.92 Å². The maximum absolute atomic E-state index is 12.3. The smallest absolute Gasteiger partial charge is 0.543 e. The number of ether oxygens (including phenoxy) is 1. The van der Waals surface area contributed by atoms with Crippen LogP contribution in [0, 0.1) is 11.8 Å². The summed E-state index contributed by atoms with van der Waals surface area (Å²) in [6.45, 7) is 4.50. The molecule has 0 aromatic heterocycles. The predicted molar refractivity (Wildman–Crippen MR) is 99.7 cm³/mol. The van der Waals surface area contributed by atoms with Gasteiger partial charge in [-0.15, -0.1) is 11.8 Å². The Morgan fingerprint density at radius 3 is 2.72 bits per heavy atom. The predicted octanol–water partition coefficient (Wildman–Crippen LogP) is -4.96. The van der Waals surface area contributed by atoms with Gasteiger partial charge in [0, 0.05) is 22.6 Å². The Morgan fingerprint density at radius 2 is 2.14 bits per heavy atom. The number of likely N-dealkylation sites (N-methyl/N-ethyl adjacent to an activating group) is 1. The molecule has 2 fully saturated rings. The molecule has 29 heavy (non-hydrogen) atoms. The van der Waals surface area contributed by atoms with E-state index in [-0.39, 0.29) is 76.9 Å². The van der Waals surface area contributed by atoms with Gasteiger partial charge in [0.1, 0.15) is 0 Å². The summed E-state index contributed by atoms with van der Waals surface area (Å²) in [7, 11) is 1.69. The standard InChI is InChI=1S/C18H27N3O6S.Na/c1-8-14-13(9(2)22)17(24)21(14)15(18(25)26)16(8)28-11-4-10(27-7-11)5-20-12(23)6-19-3;/h8-11,13-14,19,22H,4-7H2,1-3H3,(H,20,23)(H,25,26);/q;+1/p-1/t8-,9-,10?,11?,13-,14-;/m1./s1. The van der Waals surface area contributed by atoms with E-state index in [2.05, 4.69) is 10.6 Å². The van der Waals surface area contributed by atoms with E-state index >= 15 is 0 Å². The number of carboxylic acid groups (broad SMARTS) is 1. The quantitative estimate of drug-likeness (QED) is 0.255. The number of fused-ring (bicyclic) bond motifs is 1. The zero-order chi connectivity index (χ0) is 20.6. The summed E-state index contributed by atoms with van der Waals surface area (Å²) >= 11 is 1.40. The summed E-state index contributed by atoms with van der Waals surface area (Å²) < 4.78 is 5.72. The van der Waals surface area contributed by atoms with Crippen LogP contribution in [-0.4, -0.2) is 78.0 Å². The topological polar surface area (TPSA) is 131 Å². The Labute approximate surface area is 196 Å². The fourth-order valence-electron chi connectivity index (χ4n) is 4.20. The summed E-state index contributed by atoms with van der Waals surface area (Å²) in [5.74, 6) is -2.62. The van der Waals surface area contributed by atoms with Crippen LogP contribution < -0.4 is 45.3 Å². The second-order valence-corrected chi connectivity index (χ2v) is 8.86. The average molecular weight is 435 g/mol. The minimum absolute atomic E-state index is 0. The van der Waals surface area contributed by atoms with Crippen molar-refractivity contribution in [2.75, 3.05) is 26.7 Å². The van der Waals surface area contributed by atoms with Crippen molar-refractivity contribution in [3.63, 3.8) is 0 Å². The molecule has 0 aliphatic carbocycles. The van der Waals surface area contributed by atoms with Crippen molar-refractivity contribution < 1.29 is 58.9 Å². The molecule has 3 rings (SSSR count). The molecule has 3 aliphatic heterocycles. The number of nitrogens with one attached hydrogen (secondary N) is 2. The fourth-order valence-corrected chi connectivity index (χ4v) is 5.66. The molecule has 11 heteroatoms. The third kappa shape index (κ3) is 4.84. The molecule has 0 bridgehead atoms. The molecule has 3 N–H and O–H groups in total. The van der Waals surface area contributed by atoms with Gasteiger partial charge >= 0.3 is 29.6 Å². The number of amides is 2. The Hall–Kier alpha value is -0.620. The second kappa shape index (κ2) is 10.1. The molecule has 2 amide bonds. The van der Waals surface area contributed by atoms with Crippen molar-refractivity contribution in [1.29, 1.82) is 0 Å². The van der Waals surface area contributed by atoms with E-state index in [9.17, 15) is 24.6 Å². The number of rotatable bonds is 8. The number of carboxylic acids is 1. The summed E-state index contributed by atoms with van der Waals surface area (Å²) in [5.41, 5.74) is -0.0739.